The predicted octanol–water partition coefficient (Wildman–Crippen LogP) is 2.36. The number of benzene rings is 1. The number of hydrogen-bond donors (Lipinski definition) is 1. The lowest BCUT2D eigenvalue weighted by atomic mass is 9.95. The summed E-state index contributed by atoms with van der Waals surface area (Å²) in [5.74, 6) is 0.163. The summed E-state index contributed by atoms with van der Waals surface area (Å²) in [6.07, 6.45) is 1.25. The van der Waals surface area contributed by atoms with Crippen LogP contribution in [0.15, 0.2) is 24.3 Å². The van der Waals surface area contributed by atoms with Crippen molar-refractivity contribution in [1.82, 2.24) is 0 Å². The van der Waals surface area contributed by atoms with Gasteiger partial charge in [0.05, 0.1) is 11.0 Å². The van der Waals surface area contributed by atoms with E-state index in [2.05, 4.69) is 0 Å². The molecule has 0 aromatic heterocycles. The molecule has 1 aromatic rings. The molecule has 0 aliphatic heterocycles. The molecule has 0 saturated heterocycles. The van der Waals surface area contributed by atoms with Crippen LogP contribution >= 0.6 is 0 Å². The van der Waals surface area contributed by atoms with Crippen molar-refractivity contribution in [3.05, 3.63) is 35.4 Å². The number of hydrogen-bond acceptors (Lipinski definition) is 3. The van der Waals surface area contributed by atoms with Crippen LogP contribution in [0.4, 0.5) is 0 Å². The molecule has 1 N–H and O–H groups in total. The highest BCUT2D eigenvalue weighted by atomic mass is 32.2. The van der Waals surface area contributed by atoms with Crippen LogP contribution in [0.2, 0.25) is 0 Å². The Morgan fingerprint density at radius 1 is 1.21 bits per heavy atom. The van der Waals surface area contributed by atoms with Crippen molar-refractivity contribution < 1.29 is 13.5 Å². The van der Waals surface area contributed by atoms with E-state index < -0.39 is 9.84 Å². The second kappa shape index (κ2) is 7.06. The van der Waals surface area contributed by atoms with Gasteiger partial charge < -0.3 is 5.11 Å². The van der Waals surface area contributed by atoms with Gasteiger partial charge in [0.1, 0.15) is 0 Å². The predicted molar refractivity (Wildman–Crippen MR) is 79.0 cm³/mol. The molecule has 0 spiro atoms. The van der Waals surface area contributed by atoms with Crippen LogP contribution in [0.5, 0.6) is 0 Å². The monoisotopic (exact) mass is 284 g/mol. The number of rotatable bonds is 7. The summed E-state index contributed by atoms with van der Waals surface area (Å²) in [5, 5.41) is 9.08. The first-order valence-corrected chi connectivity index (χ1v) is 8.45. The fourth-order valence-electron chi connectivity index (χ4n) is 1.97. The Morgan fingerprint density at radius 2 is 1.84 bits per heavy atom. The SMILES string of the molecule is Cc1ccccc1CC(CO)CCS(=O)(=O)C(C)C. The first kappa shape index (κ1) is 16.2. The van der Waals surface area contributed by atoms with Crippen LogP contribution in [0.25, 0.3) is 0 Å². The highest BCUT2D eigenvalue weighted by Crippen LogP contribution is 2.17. The minimum absolute atomic E-state index is 0.00891. The molecule has 0 fully saturated rings. The molecule has 108 valence electrons. The van der Waals surface area contributed by atoms with Crippen molar-refractivity contribution in [3.63, 3.8) is 0 Å². The van der Waals surface area contributed by atoms with Gasteiger partial charge in [-0.15, -0.1) is 0 Å². The van der Waals surface area contributed by atoms with E-state index in [1.54, 1.807) is 13.8 Å². The number of aliphatic hydroxyl groups excluding tert-OH is 1. The molecule has 19 heavy (non-hydrogen) atoms. The fraction of sp³-hybridized carbons (Fsp3) is 0.600. The van der Waals surface area contributed by atoms with E-state index in [9.17, 15) is 13.5 Å². The van der Waals surface area contributed by atoms with Crippen LogP contribution in [0.3, 0.4) is 0 Å². The lowest BCUT2D eigenvalue weighted by Gasteiger charge is -2.16. The van der Waals surface area contributed by atoms with Gasteiger partial charge in [0.25, 0.3) is 0 Å². The highest BCUT2D eigenvalue weighted by Gasteiger charge is 2.19. The molecule has 4 heteroatoms. The lowest BCUT2D eigenvalue weighted by molar-refractivity contribution is 0.222. The summed E-state index contributed by atoms with van der Waals surface area (Å²) in [5.41, 5.74) is 2.37. The molecule has 1 atom stereocenters. The summed E-state index contributed by atoms with van der Waals surface area (Å²) >= 11 is 0. The van der Waals surface area contributed by atoms with Gasteiger partial charge in [-0.3, -0.25) is 0 Å². The van der Waals surface area contributed by atoms with Gasteiger partial charge in [0.15, 0.2) is 9.84 Å². The van der Waals surface area contributed by atoms with E-state index in [4.69, 9.17) is 0 Å². The minimum atomic E-state index is -3.02. The molecule has 0 saturated carbocycles. The molecule has 0 heterocycles. The van der Waals surface area contributed by atoms with Gasteiger partial charge in [0, 0.05) is 6.61 Å². The largest absolute Gasteiger partial charge is 0.396 e. The molecule has 1 unspecified atom stereocenters. The zero-order valence-corrected chi connectivity index (χ0v) is 12.8. The second-order valence-corrected chi connectivity index (χ2v) is 8.06. The zero-order chi connectivity index (χ0) is 14.5. The normalized spacial score (nSPS) is 13.7. The van der Waals surface area contributed by atoms with Gasteiger partial charge in [-0.25, -0.2) is 8.42 Å². The maximum Gasteiger partial charge on any atom is 0.152 e. The van der Waals surface area contributed by atoms with Gasteiger partial charge in [-0.05, 0) is 50.7 Å². The Kier molecular flexibility index (Phi) is 6.01. The van der Waals surface area contributed by atoms with Crippen LogP contribution in [0, 0.1) is 12.8 Å². The second-order valence-electron chi connectivity index (χ2n) is 5.38. The van der Waals surface area contributed by atoms with Crippen LogP contribution in [-0.4, -0.2) is 31.1 Å². The van der Waals surface area contributed by atoms with Crippen LogP contribution in [-0.2, 0) is 16.3 Å². The summed E-state index contributed by atoms with van der Waals surface area (Å²) in [4.78, 5) is 0. The lowest BCUT2D eigenvalue weighted by Crippen LogP contribution is -2.22. The van der Waals surface area contributed by atoms with Crippen LogP contribution in [0.1, 0.15) is 31.4 Å². The molecule has 0 aliphatic carbocycles. The average Bonchev–Trinajstić information content (AvgIpc) is 2.36. The van der Waals surface area contributed by atoms with E-state index in [1.807, 2.05) is 31.2 Å². The Bertz CT molecular complexity index is 492. The highest BCUT2D eigenvalue weighted by molar-refractivity contribution is 7.91. The summed E-state index contributed by atoms with van der Waals surface area (Å²) in [7, 11) is -3.02. The quantitative estimate of drug-likeness (QED) is 0.836. The zero-order valence-electron chi connectivity index (χ0n) is 12.0. The third-order valence-electron chi connectivity index (χ3n) is 3.56. The molecule has 3 nitrogen and oxygen atoms in total. The van der Waals surface area contributed by atoms with E-state index in [0.29, 0.717) is 6.42 Å². The van der Waals surface area contributed by atoms with Crippen LogP contribution < -0.4 is 0 Å². The number of sulfone groups is 1. The smallest absolute Gasteiger partial charge is 0.152 e. The van der Waals surface area contributed by atoms with E-state index in [-0.39, 0.29) is 23.5 Å². The Labute approximate surface area is 116 Å². The van der Waals surface area contributed by atoms with Crippen molar-refractivity contribution in [1.29, 1.82) is 0 Å². The van der Waals surface area contributed by atoms with Crippen molar-refractivity contribution in [3.8, 4) is 0 Å². The van der Waals surface area contributed by atoms with Crippen molar-refractivity contribution >= 4 is 9.84 Å². The summed E-state index contributed by atoms with van der Waals surface area (Å²) in [6, 6.07) is 8.03. The first-order chi connectivity index (χ1) is 8.86. The van der Waals surface area contributed by atoms with Gasteiger partial charge >= 0.3 is 0 Å². The maximum atomic E-state index is 11.8. The molecular weight excluding hydrogens is 260 g/mol. The summed E-state index contributed by atoms with van der Waals surface area (Å²) < 4.78 is 23.6. The van der Waals surface area contributed by atoms with E-state index in [1.165, 1.54) is 11.1 Å². The third-order valence-corrected chi connectivity index (χ3v) is 5.80. The molecule has 0 amide bonds. The molecule has 0 radical (unpaired) electrons. The standard InChI is InChI=1S/C15H24O3S/c1-12(2)19(17,18)9-8-14(11-16)10-15-7-5-4-6-13(15)3/h4-7,12,14,16H,8-11H2,1-3H3. The van der Waals surface area contributed by atoms with Gasteiger partial charge in [-0.1, -0.05) is 24.3 Å². The Morgan fingerprint density at radius 3 is 2.37 bits per heavy atom. The molecular formula is C15H24O3S. The van der Waals surface area contributed by atoms with Gasteiger partial charge in [0.2, 0.25) is 0 Å². The van der Waals surface area contributed by atoms with Gasteiger partial charge in [-0.2, -0.15) is 0 Å². The first-order valence-electron chi connectivity index (χ1n) is 6.73. The molecule has 1 rings (SSSR count). The minimum Gasteiger partial charge on any atom is -0.396 e. The fourth-order valence-corrected chi connectivity index (χ4v) is 3.11. The molecule has 1 aromatic carbocycles. The van der Waals surface area contributed by atoms with E-state index >= 15 is 0 Å². The maximum absolute atomic E-state index is 11.8. The van der Waals surface area contributed by atoms with Crippen molar-refractivity contribution in [2.75, 3.05) is 12.4 Å². The third kappa shape index (κ3) is 4.96. The Hall–Kier alpha value is -0.870. The van der Waals surface area contributed by atoms with Crippen molar-refractivity contribution in [2.24, 2.45) is 5.92 Å². The average molecular weight is 284 g/mol. The summed E-state index contributed by atoms with van der Waals surface area (Å²) in [6.45, 7) is 5.46. The number of aryl methyl sites for hydroxylation is 1. The van der Waals surface area contributed by atoms with Crippen molar-refractivity contribution in [2.45, 2.75) is 38.9 Å². The van der Waals surface area contributed by atoms with E-state index in [0.717, 1.165) is 6.42 Å². The molecule has 0 aliphatic rings. The Balaban J connectivity index is 2.63. The number of aliphatic hydroxyl groups is 1. The molecule has 0 bridgehead atoms. The topological polar surface area (TPSA) is 54.4 Å².